The maximum Gasteiger partial charge on any atom is 0.159 e. The van der Waals surface area contributed by atoms with Crippen molar-refractivity contribution in [2.45, 2.75) is 20.5 Å². The van der Waals surface area contributed by atoms with Gasteiger partial charge in [0.1, 0.15) is 12.4 Å². The number of hydrogen-bond donors (Lipinski definition) is 2. The standard InChI is InChI=1S/C11H15ClN6O/c1-6-11(12)7(2)18(17-6)10-4-8(16-13)14-9(15-10)5-19-3/h4H,5,13H2,1-3H3,(H,14,15,16). The fraction of sp³-hybridized carbons (Fsp3) is 0.364. The Kier molecular flexibility index (Phi) is 3.98. The van der Waals surface area contributed by atoms with Crippen LogP contribution in [0.15, 0.2) is 6.07 Å². The Morgan fingerprint density at radius 3 is 2.68 bits per heavy atom. The lowest BCUT2D eigenvalue weighted by atomic mass is 10.4. The number of anilines is 1. The lowest BCUT2D eigenvalue weighted by Crippen LogP contribution is -2.13. The molecule has 0 aliphatic carbocycles. The number of nitrogens with two attached hydrogens (primary N) is 1. The zero-order chi connectivity index (χ0) is 14.0. The summed E-state index contributed by atoms with van der Waals surface area (Å²) in [4.78, 5) is 8.55. The minimum absolute atomic E-state index is 0.287. The van der Waals surface area contributed by atoms with Crippen LogP contribution in [0.5, 0.6) is 0 Å². The first-order valence-corrected chi connectivity index (χ1v) is 6.00. The molecule has 0 unspecified atom stereocenters. The average Bonchev–Trinajstić information content (AvgIpc) is 2.66. The molecule has 0 bridgehead atoms. The highest BCUT2D eigenvalue weighted by atomic mass is 35.5. The Morgan fingerprint density at radius 1 is 1.42 bits per heavy atom. The van der Waals surface area contributed by atoms with E-state index in [4.69, 9.17) is 22.2 Å². The quantitative estimate of drug-likeness (QED) is 0.650. The highest BCUT2D eigenvalue weighted by Gasteiger charge is 2.13. The van der Waals surface area contributed by atoms with E-state index in [1.165, 1.54) is 0 Å². The van der Waals surface area contributed by atoms with E-state index in [2.05, 4.69) is 20.5 Å². The molecule has 2 aromatic rings. The normalized spacial score (nSPS) is 10.8. The molecule has 102 valence electrons. The van der Waals surface area contributed by atoms with Crippen molar-refractivity contribution in [3.05, 3.63) is 28.3 Å². The minimum atomic E-state index is 0.287. The molecule has 0 aliphatic rings. The lowest BCUT2D eigenvalue weighted by Gasteiger charge is -2.08. The van der Waals surface area contributed by atoms with Crippen LogP contribution >= 0.6 is 11.6 Å². The summed E-state index contributed by atoms with van der Waals surface area (Å²) in [6.07, 6.45) is 0. The van der Waals surface area contributed by atoms with Gasteiger partial charge in [-0.25, -0.2) is 20.5 Å². The Morgan fingerprint density at radius 2 is 2.16 bits per heavy atom. The number of nitrogen functional groups attached to an aromatic ring is 1. The van der Waals surface area contributed by atoms with Crippen molar-refractivity contribution >= 4 is 17.4 Å². The Balaban J connectivity index is 2.54. The minimum Gasteiger partial charge on any atom is -0.377 e. The molecule has 0 aromatic carbocycles. The van der Waals surface area contributed by atoms with Gasteiger partial charge in [0.2, 0.25) is 0 Å². The van der Waals surface area contributed by atoms with Gasteiger partial charge in [-0.2, -0.15) is 5.10 Å². The van der Waals surface area contributed by atoms with E-state index in [1.807, 2.05) is 13.8 Å². The number of halogens is 1. The maximum absolute atomic E-state index is 6.13. The number of nitrogens with zero attached hydrogens (tertiary/aromatic N) is 4. The van der Waals surface area contributed by atoms with E-state index in [0.717, 1.165) is 11.4 Å². The molecular formula is C11H15ClN6O. The van der Waals surface area contributed by atoms with Gasteiger partial charge in [-0.15, -0.1) is 0 Å². The van der Waals surface area contributed by atoms with Crippen LogP contribution in [0.1, 0.15) is 17.2 Å². The zero-order valence-electron chi connectivity index (χ0n) is 10.9. The summed E-state index contributed by atoms with van der Waals surface area (Å²) in [5.74, 6) is 6.98. The molecule has 3 N–H and O–H groups in total. The van der Waals surface area contributed by atoms with Crippen molar-refractivity contribution in [3.63, 3.8) is 0 Å². The van der Waals surface area contributed by atoms with Gasteiger partial charge >= 0.3 is 0 Å². The Labute approximate surface area is 115 Å². The third-order valence-electron chi connectivity index (χ3n) is 2.60. The van der Waals surface area contributed by atoms with Crippen LogP contribution in [-0.4, -0.2) is 26.9 Å². The molecule has 0 amide bonds. The van der Waals surface area contributed by atoms with Crippen LogP contribution in [0.4, 0.5) is 5.82 Å². The molecular weight excluding hydrogens is 268 g/mol. The van der Waals surface area contributed by atoms with Crippen molar-refractivity contribution in [1.82, 2.24) is 19.7 Å². The number of methoxy groups -OCH3 is 1. The van der Waals surface area contributed by atoms with E-state index in [0.29, 0.717) is 22.5 Å². The molecule has 19 heavy (non-hydrogen) atoms. The molecule has 0 spiro atoms. The SMILES string of the molecule is COCc1nc(NN)cc(-n2nc(C)c(Cl)c2C)n1. The number of hydrazine groups is 1. The van der Waals surface area contributed by atoms with Crippen LogP contribution in [0.2, 0.25) is 5.02 Å². The van der Waals surface area contributed by atoms with Gasteiger partial charge in [0.25, 0.3) is 0 Å². The van der Waals surface area contributed by atoms with Crippen LogP contribution in [0, 0.1) is 13.8 Å². The van der Waals surface area contributed by atoms with Gasteiger partial charge in [0, 0.05) is 13.2 Å². The van der Waals surface area contributed by atoms with Gasteiger partial charge in [-0.1, -0.05) is 11.6 Å². The van der Waals surface area contributed by atoms with Crippen molar-refractivity contribution in [2.75, 3.05) is 12.5 Å². The maximum atomic E-state index is 6.13. The number of hydrogen-bond acceptors (Lipinski definition) is 6. The fourth-order valence-corrected chi connectivity index (χ4v) is 1.82. The van der Waals surface area contributed by atoms with E-state index >= 15 is 0 Å². The van der Waals surface area contributed by atoms with Crippen LogP contribution in [-0.2, 0) is 11.3 Å². The molecule has 0 aliphatic heterocycles. The van der Waals surface area contributed by atoms with Gasteiger partial charge < -0.3 is 10.2 Å². The number of ether oxygens (including phenoxy) is 1. The lowest BCUT2D eigenvalue weighted by molar-refractivity contribution is 0.178. The molecule has 2 aromatic heterocycles. The molecule has 7 nitrogen and oxygen atoms in total. The first-order valence-electron chi connectivity index (χ1n) is 5.62. The molecule has 0 saturated heterocycles. The largest absolute Gasteiger partial charge is 0.377 e. The predicted octanol–water partition coefficient (Wildman–Crippen LogP) is 1.36. The van der Waals surface area contributed by atoms with Gasteiger partial charge in [0.05, 0.1) is 16.4 Å². The van der Waals surface area contributed by atoms with Crippen LogP contribution in [0.25, 0.3) is 5.82 Å². The second-order valence-corrected chi connectivity index (χ2v) is 4.38. The van der Waals surface area contributed by atoms with Crippen molar-refractivity contribution in [3.8, 4) is 5.82 Å². The highest BCUT2D eigenvalue weighted by Crippen LogP contribution is 2.22. The van der Waals surface area contributed by atoms with Gasteiger partial charge in [-0.05, 0) is 13.8 Å². The first-order chi connectivity index (χ1) is 9.06. The molecule has 2 rings (SSSR count). The third-order valence-corrected chi connectivity index (χ3v) is 3.15. The summed E-state index contributed by atoms with van der Waals surface area (Å²) in [7, 11) is 1.58. The first kappa shape index (κ1) is 13.7. The van der Waals surface area contributed by atoms with Crippen LogP contribution < -0.4 is 11.3 Å². The smallest absolute Gasteiger partial charge is 0.159 e. The summed E-state index contributed by atoms with van der Waals surface area (Å²) in [5, 5.41) is 4.96. The van der Waals surface area contributed by atoms with E-state index in [1.54, 1.807) is 17.9 Å². The Bertz CT molecular complexity index is 597. The number of rotatable bonds is 4. The summed E-state index contributed by atoms with van der Waals surface area (Å²) in [5.41, 5.74) is 4.05. The fourth-order valence-electron chi connectivity index (χ4n) is 1.71. The number of nitrogens with one attached hydrogen (secondary N) is 1. The predicted molar refractivity (Wildman–Crippen MR) is 72.2 cm³/mol. The second kappa shape index (κ2) is 5.52. The molecule has 8 heteroatoms. The topological polar surface area (TPSA) is 90.9 Å². The van der Waals surface area contributed by atoms with Crippen molar-refractivity contribution in [2.24, 2.45) is 5.84 Å². The monoisotopic (exact) mass is 282 g/mol. The molecule has 0 radical (unpaired) electrons. The molecule has 0 atom stereocenters. The highest BCUT2D eigenvalue weighted by molar-refractivity contribution is 6.31. The van der Waals surface area contributed by atoms with Crippen molar-refractivity contribution < 1.29 is 4.74 Å². The number of aryl methyl sites for hydroxylation is 1. The van der Waals surface area contributed by atoms with Gasteiger partial charge in [-0.3, -0.25) is 0 Å². The zero-order valence-corrected chi connectivity index (χ0v) is 11.7. The van der Waals surface area contributed by atoms with E-state index in [9.17, 15) is 0 Å². The van der Waals surface area contributed by atoms with E-state index < -0.39 is 0 Å². The Hall–Kier alpha value is -1.70. The second-order valence-electron chi connectivity index (χ2n) is 4.00. The molecule has 0 fully saturated rings. The average molecular weight is 283 g/mol. The summed E-state index contributed by atoms with van der Waals surface area (Å²) in [6.45, 7) is 4.00. The van der Waals surface area contributed by atoms with Crippen LogP contribution in [0.3, 0.4) is 0 Å². The molecule has 0 saturated carbocycles. The van der Waals surface area contributed by atoms with Crippen molar-refractivity contribution in [1.29, 1.82) is 0 Å². The molecule has 2 heterocycles. The van der Waals surface area contributed by atoms with E-state index in [-0.39, 0.29) is 6.61 Å². The summed E-state index contributed by atoms with van der Waals surface area (Å²) < 4.78 is 6.68. The van der Waals surface area contributed by atoms with Gasteiger partial charge in [0.15, 0.2) is 11.6 Å². The third kappa shape index (κ3) is 2.67. The number of aromatic nitrogens is 4. The summed E-state index contributed by atoms with van der Waals surface area (Å²) >= 11 is 6.13. The summed E-state index contributed by atoms with van der Waals surface area (Å²) in [6, 6.07) is 1.69.